The van der Waals surface area contributed by atoms with Crippen LogP contribution in [0.3, 0.4) is 0 Å². The Labute approximate surface area is 99.5 Å². The third kappa shape index (κ3) is 1.99. The Balaban J connectivity index is 1.94. The van der Waals surface area contributed by atoms with Crippen molar-refractivity contribution in [2.24, 2.45) is 0 Å². The Hall–Kier alpha value is -2.29. The summed E-state index contributed by atoms with van der Waals surface area (Å²) >= 11 is 0. The van der Waals surface area contributed by atoms with Gasteiger partial charge in [0.15, 0.2) is 0 Å². The number of aryl methyl sites for hydroxylation is 1. The number of rotatable bonds is 2. The maximum atomic E-state index is 4.47. The first-order valence-electron chi connectivity index (χ1n) is 5.60. The molecule has 0 saturated heterocycles. The number of anilines is 2. The molecule has 0 aliphatic carbocycles. The Morgan fingerprint density at radius 1 is 1.06 bits per heavy atom. The van der Waals surface area contributed by atoms with Gasteiger partial charge in [-0.1, -0.05) is 24.3 Å². The van der Waals surface area contributed by atoms with Crippen LogP contribution in [-0.4, -0.2) is 9.97 Å². The molecule has 0 aliphatic rings. The first-order chi connectivity index (χ1) is 8.31. The van der Waals surface area contributed by atoms with E-state index in [0.29, 0.717) is 0 Å². The summed E-state index contributed by atoms with van der Waals surface area (Å²) in [6, 6.07) is 16.2. The van der Waals surface area contributed by atoms with E-state index in [4.69, 9.17) is 0 Å². The van der Waals surface area contributed by atoms with Crippen LogP contribution in [0.5, 0.6) is 0 Å². The lowest BCUT2D eigenvalue weighted by atomic mass is 10.2. The molecule has 3 aromatic rings. The lowest BCUT2D eigenvalue weighted by Gasteiger charge is -2.02. The minimum Gasteiger partial charge on any atom is -0.326 e. The van der Waals surface area contributed by atoms with Gasteiger partial charge in [0.05, 0.1) is 11.0 Å². The fourth-order valence-corrected chi connectivity index (χ4v) is 1.87. The van der Waals surface area contributed by atoms with Crippen molar-refractivity contribution in [3.63, 3.8) is 0 Å². The van der Waals surface area contributed by atoms with E-state index in [2.05, 4.69) is 34.3 Å². The average molecular weight is 223 g/mol. The van der Waals surface area contributed by atoms with Crippen molar-refractivity contribution in [1.29, 1.82) is 0 Å². The largest absolute Gasteiger partial charge is 0.326 e. The van der Waals surface area contributed by atoms with Crippen molar-refractivity contribution in [1.82, 2.24) is 9.97 Å². The fraction of sp³-hybridized carbons (Fsp3) is 0.0714. The topological polar surface area (TPSA) is 40.7 Å². The van der Waals surface area contributed by atoms with Crippen LogP contribution in [0.2, 0.25) is 0 Å². The summed E-state index contributed by atoms with van der Waals surface area (Å²) in [5, 5.41) is 3.27. The van der Waals surface area contributed by atoms with Gasteiger partial charge in [0, 0.05) is 5.69 Å². The van der Waals surface area contributed by atoms with Gasteiger partial charge in [0.25, 0.3) is 0 Å². The lowest BCUT2D eigenvalue weighted by Crippen LogP contribution is -1.92. The van der Waals surface area contributed by atoms with E-state index in [1.54, 1.807) is 0 Å². The molecular weight excluding hydrogens is 210 g/mol. The summed E-state index contributed by atoms with van der Waals surface area (Å²) in [6.07, 6.45) is 0. The van der Waals surface area contributed by atoms with Crippen molar-refractivity contribution in [2.45, 2.75) is 6.92 Å². The quantitative estimate of drug-likeness (QED) is 0.696. The van der Waals surface area contributed by atoms with Crippen molar-refractivity contribution in [3.05, 3.63) is 54.1 Å². The van der Waals surface area contributed by atoms with E-state index in [9.17, 15) is 0 Å². The molecule has 0 aliphatic heterocycles. The van der Waals surface area contributed by atoms with Crippen LogP contribution >= 0.6 is 0 Å². The highest BCUT2D eigenvalue weighted by atomic mass is 15.1. The molecule has 3 nitrogen and oxygen atoms in total. The molecule has 0 saturated carbocycles. The fourth-order valence-electron chi connectivity index (χ4n) is 1.87. The maximum absolute atomic E-state index is 4.47. The van der Waals surface area contributed by atoms with Crippen LogP contribution in [-0.2, 0) is 0 Å². The smallest absolute Gasteiger partial charge is 0.205 e. The van der Waals surface area contributed by atoms with E-state index in [1.807, 2.05) is 36.4 Å². The van der Waals surface area contributed by atoms with Gasteiger partial charge in [0.1, 0.15) is 0 Å². The summed E-state index contributed by atoms with van der Waals surface area (Å²) in [5.74, 6) is 0.775. The molecule has 84 valence electrons. The number of nitrogens with zero attached hydrogens (tertiary/aromatic N) is 1. The Kier molecular flexibility index (Phi) is 2.29. The normalized spacial score (nSPS) is 10.6. The minimum atomic E-state index is 0.775. The van der Waals surface area contributed by atoms with Crippen LogP contribution in [0, 0.1) is 6.92 Å². The van der Waals surface area contributed by atoms with E-state index in [-0.39, 0.29) is 0 Å². The van der Waals surface area contributed by atoms with Gasteiger partial charge < -0.3 is 10.3 Å². The number of imidazole rings is 1. The minimum absolute atomic E-state index is 0.775. The second kappa shape index (κ2) is 3.94. The number of aromatic amines is 1. The molecular formula is C14H13N3. The summed E-state index contributed by atoms with van der Waals surface area (Å²) in [4.78, 5) is 7.71. The first-order valence-corrected chi connectivity index (χ1v) is 5.60. The van der Waals surface area contributed by atoms with Crippen molar-refractivity contribution < 1.29 is 0 Å². The molecule has 0 fully saturated rings. The van der Waals surface area contributed by atoms with Gasteiger partial charge >= 0.3 is 0 Å². The van der Waals surface area contributed by atoms with Crippen molar-refractivity contribution >= 4 is 22.7 Å². The van der Waals surface area contributed by atoms with Crippen LogP contribution in [0.4, 0.5) is 11.6 Å². The average Bonchev–Trinajstić information content (AvgIpc) is 2.71. The molecule has 0 amide bonds. The van der Waals surface area contributed by atoms with Gasteiger partial charge in [0.2, 0.25) is 5.95 Å². The standard InChI is InChI=1S/C14H13N3/c1-10-5-4-6-11(9-10)15-14-16-12-7-2-3-8-13(12)17-14/h2-9H,1H3,(H2,15,16,17). The molecule has 1 heterocycles. The highest BCUT2D eigenvalue weighted by Gasteiger charge is 2.01. The SMILES string of the molecule is Cc1cccc(Nc2nc3ccccc3[nH]2)c1. The monoisotopic (exact) mass is 223 g/mol. The second-order valence-electron chi connectivity index (χ2n) is 4.10. The van der Waals surface area contributed by atoms with E-state index >= 15 is 0 Å². The highest BCUT2D eigenvalue weighted by molar-refractivity contribution is 5.78. The summed E-state index contributed by atoms with van der Waals surface area (Å²) < 4.78 is 0. The molecule has 2 aromatic carbocycles. The van der Waals surface area contributed by atoms with Crippen LogP contribution in [0.1, 0.15) is 5.56 Å². The molecule has 3 rings (SSSR count). The third-order valence-electron chi connectivity index (χ3n) is 2.67. The number of benzene rings is 2. The van der Waals surface area contributed by atoms with E-state index < -0.39 is 0 Å². The summed E-state index contributed by atoms with van der Waals surface area (Å²) in [5.41, 5.74) is 4.29. The van der Waals surface area contributed by atoms with Gasteiger partial charge in [-0.05, 0) is 36.8 Å². The first kappa shape index (κ1) is 9.90. The van der Waals surface area contributed by atoms with Gasteiger partial charge in [-0.25, -0.2) is 4.98 Å². The zero-order chi connectivity index (χ0) is 11.7. The predicted octanol–water partition coefficient (Wildman–Crippen LogP) is 3.61. The molecule has 0 bridgehead atoms. The zero-order valence-corrected chi connectivity index (χ0v) is 9.57. The van der Waals surface area contributed by atoms with Gasteiger partial charge in [-0.3, -0.25) is 0 Å². The molecule has 0 spiro atoms. The number of H-pyrrole nitrogens is 1. The van der Waals surface area contributed by atoms with Crippen LogP contribution in [0.25, 0.3) is 11.0 Å². The predicted molar refractivity (Wildman–Crippen MR) is 70.6 cm³/mol. The number of hydrogen-bond donors (Lipinski definition) is 2. The van der Waals surface area contributed by atoms with E-state index in [1.165, 1.54) is 5.56 Å². The molecule has 0 unspecified atom stereocenters. The van der Waals surface area contributed by atoms with Crippen LogP contribution in [0.15, 0.2) is 48.5 Å². The zero-order valence-electron chi connectivity index (χ0n) is 9.57. The molecule has 1 aromatic heterocycles. The lowest BCUT2D eigenvalue weighted by molar-refractivity contribution is 1.30. The number of nitrogens with one attached hydrogen (secondary N) is 2. The molecule has 3 heteroatoms. The Morgan fingerprint density at radius 2 is 1.94 bits per heavy atom. The number of fused-ring (bicyclic) bond motifs is 1. The third-order valence-corrected chi connectivity index (χ3v) is 2.67. The van der Waals surface area contributed by atoms with Crippen LogP contribution < -0.4 is 5.32 Å². The number of para-hydroxylation sites is 2. The molecule has 17 heavy (non-hydrogen) atoms. The van der Waals surface area contributed by atoms with E-state index in [0.717, 1.165) is 22.7 Å². The second-order valence-corrected chi connectivity index (χ2v) is 4.10. The molecule has 0 atom stereocenters. The van der Waals surface area contributed by atoms with Gasteiger partial charge in [-0.2, -0.15) is 0 Å². The maximum Gasteiger partial charge on any atom is 0.205 e. The van der Waals surface area contributed by atoms with Crippen molar-refractivity contribution in [3.8, 4) is 0 Å². The number of hydrogen-bond acceptors (Lipinski definition) is 2. The highest BCUT2D eigenvalue weighted by Crippen LogP contribution is 2.18. The Bertz CT molecular complexity index is 622. The number of aromatic nitrogens is 2. The Morgan fingerprint density at radius 3 is 2.76 bits per heavy atom. The molecule has 0 radical (unpaired) electrons. The summed E-state index contributed by atoms with van der Waals surface area (Å²) in [7, 11) is 0. The van der Waals surface area contributed by atoms with Crippen molar-refractivity contribution in [2.75, 3.05) is 5.32 Å². The van der Waals surface area contributed by atoms with Gasteiger partial charge in [-0.15, -0.1) is 0 Å². The molecule has 2 N–H and O–H groups in total. The summed E-state index contributed by atoms with van der Waals surface area (Å²) in [6.45, 7) is 2.07.